The Morgan fingerprint density at radius 1 is 0.949 bits per heavy atom. The Morgan fingerprint density at radius 3 is 2.38 bits per heavy atom. The van der Waals surface area contributed by atoms with E-state index in [0.717, 1.165) is 53.3 Å². The molecule has 1 N–H and O–H groups in total. The first-order valence-electron chi connectivity index (χ1n) is 14.0. The van der Waals surface area contributed by atoms with Gasteiger partial charge in [0, 0.05) is 28.5 Å². The highest BCUT2D eigenvalue weighted by atomic mass is 35.5. The maximum absolute atomic E-state index is 14.7. The van der Waals surface area contributed by atoms with E-state index in [0.29, 0.717) is 23.8 Å². The molecular weight excluding hydrogens is 506 g/mol. The van der Waals surface area contributed by atoms with Crippen molar-refractivity contribution in [2.75, 3.05) is 0 Å². The fourth-order valence-electron chi connectivity index (χ4n) is 6.33. The maximum Gasteiger partial charge on any atom is 0.272 e. The number of carbonyl (C=O) groups excluding carboxylic acids is 2. The molecule has 1 aliphatic carbocycles. The van der Waals surface area contributed by atoms with Crippen molar-refractivity contribution in [1.82, 2.24) is 14.8 Å². The number of carbonyl (C=O) groups is 2. The van der Waals surface area contributed by atoms with E-state index < -0.39 is 5.54 Å². The van der Waals surface area contributed by atoms with E-state index in [4.69, 9.17) is 11.6 Å². The first-order chi connectivity index (χ1) is 19.0. The van der Waals surface area contributed by atoms with E-state index in [-0.39, 0.29) is 17.9 Å². The van der Waals surface area contributed by atoms with Crippen LogP contribution in [0.3, 0.4) is 0 Å². The van der Waals surface area contributed by atoms with Gasteiger partial charge in [-0.25, -0.2) is 0 Å². The van der Waals surface area contributed by atoms with Gasteiger partial charge in [0.2, 0.25) is 0 Å². The third-order valence-corrected chi connectivity index (χ3v) is 8.70. The predicted molar refractivity (Wildman–Crippen MR) is 156 cm³/mol. The lowest BCUT2D eigenvalue weighted by Gasteiger charge is -2.47. The summed E-state index contributed by atoms with van der Waals surface area (Å²) in [6, 6.07) is 25.7. The van der Waals surface area contributed by atoms with Crippen LogP contribution in [0.25, 0.3) is 10.9 Å². The van der Waals surface area contributed by atoms with Gasteiger partial charge in [-0.05, 0) is 60.7 Å². The van der Waals surface area contributed by atoms with Crippen LogP contribution in [-0.2, 0) is 23.4 Å². The monoisotopic (exact) mass is 539 g/mol. The normalized spacial score (nSPS) is 20.1. The quantitative estimate of drug-likeness (QED) is 0.278. The van der Waals surface area contributed by atoms with Crippen LogP contribution in [-0.4, -0.2) is 27.3 Å². The van der Waals surface area contributed by atoms with Gasteiger partial charge in [-0.1, -0.05) is 91.9 Å². The molecular formula is C33H34ClN3O2. The molecule has 6 heteroatoms. The average Bonchev–Trinajstić information content (AvgIpc) is 3.10. The number of rotatable bonds is 5. The Morgan fingerprint density at radius 2 is 1.67 bits per heavy atom. The molecule has 6 rings (SSSR count). The Labute approximate surface area is 234 Å². The highest BCUT2D eigenvalue weighted by molar-refractivity contribution is 6.30. The lowest BCUT2D eigenvalue weighted by Crippen LogP contribution is -2.63. The minimum absolute atomic E-state index is 0.108. The van der Waals surface area contributed by atoms with E-state index in [2.05, 4.69) is 35.0 Å². The summed E-state index contributed by atoms with van der Waals surface area (Å²) in [5, 5.41) is 5.07. The van der Waals surface area contributed by atoms with E-state index in [9.17, 15) is 9.59 Å². The number of hydrogen-bond acceptors (Lipinski definition) is 2. The van der Waals surface area contributed by atoms with Gasteiger partial charge in [0.25, 0.3) is 11.8 Å². The molecule has 2 heterocycles. The Balaban J connectivity index is 1.53. The van der Waals surface area contributed by atoms with E-state index >= 15 is 0 Å². The van der Waals surface area contributed by atoms with Gasteiger partial charge in [-0.15, -0.1) is 0 Å². The largest absolute Gasteiger partial charge is 0.351 e. The zero-order valence-corrected chi connectivity index (χ0v) is 23.1. The zero-order valence-electron chi connectivity index (χ0n) is 22.3. The van der Waals surface area contributed by atoms with Crippen molar-refractivity contribution in [3.05, 3.63) is 106 Å². The first kappa shape index (κ1) is 25.7. The van der Waals surface area contributed by atoms with Crippen molar-refractivity contribution in [2.45, 2.75) is 70.1 Å². The van der Waals surface area contributed by atoms with Crippen molar-refractivity contribution in [3.63, 3.8) is 0 Å². The third kappa shape index (κ3) is 4.74. The van der Waals surface area contributed by atoms with Crippen molar-refractivity contribution >= 4 is 34.3 Å². The van der Waals surface area contributed by atoms with E-state index in [1.165, 1.54) is 12.8 Å². The number of nitrogens with zero attached hydrogens (tertiary/aromatic N) is 2. The molecule has 1 unspecified atom stereocenters. The molecule has 0 saturated heterocycles. The molecule has 2 amide bonds. The van der Waals surface area contributed by atoms with Crippen molar-refractivity contribution in [2.24, 2.45) is 0 Å². The highest BCUT2D eigenvalue weighted by Crippen LogP contribution is 2.41. The fourth-order valence-corrected chi connectivity index (χ4v) is 6.46. The molecule has 1 atom stereocenters. The molecule has 0 spiro atoms. The molecule has 0 bridgehead atoms. The molecule has 2 aliphatic rings. The smallest absolute Gasteiger partial charge is 0.272 e. The summed E-state index contributed by atoms with van der Waals surface area (Å²) < 4.78 is 2.06. The van der Waals surface area contributed by atoms with Gasteiger partial charge in [-0.2, -0.15) is 0 Å². The van der Waals surface area contributed by atoms with Crippen LogP contribution in [0.15, 0.2) is 78.9 Å². The molecule has 1 saturated carbocycles. The second kappa shape index (κ2) is 10.5. The number of fused-ring (bicyclic) bond motifs is 3. The molecule has 1 aromatic heterocycles. The SMILES string of the molecule is Cc1ccc2cc3n(c2c1)CC(C(=O)NC1CCCCCC1)(c1ccccc1)N(Cc1ccc(Cl)cc1)C3=O. The average molecular weight is 540 g/mol. The minimum Gasteiger partial charge on any atom is -0.351 e. The summed E-state index contributed by atoms with van der Waals surface area (Å²) in [5.74, 6) is -0.256. The summed E-state index contributed by atoms with van der Waals surface area (Å²) >= 11 is 6.18. The van der Waals surface area contributed by atoms with Gasteiger partial charge in [0.1, 0.15) is 5.69 Å². The standard InChI is InChI=1S/C33H34ClN3O2/c1-23-13-16-25-20-30-31(38)37(21-24-14-17-27(34)18-15-24)33(22-36(30)29(25)19-23,26-9-5-4-6-10-26)32(39)35-28-11-7-2-3-8-12-28/h4-6,9-10,13-20,28H,2-3,7-8,11-12,21-22H2,1H3,(H,35,39). The number of amides is 2. The fraction of sp³-hybridized carbons (Fsp3) is 0.333. The lowest BCUT2D eigenvalue weighted by molar-refractivity contribution is -0.136. The Hall–Kier alpha value is -3.57. The number of nitrogens with one attached hydrogen (secondary N) is 1. The second-order valence-corrected chi connectivity index (χ2v) is 11.5. The second-order valence-electron chi connectivity index (χ2n) is 11.1. The van der Waals surface area contributed by atoms with Gasteiger partial charge in [0.15, 0.2) is 5.54 Å². The van der Waals surface area contributed by atoms with Crippen LogP contribution < -0.4 is 5.32 Å². The minimum atomic E-state index is -1.22. The summed E-state index contributed by atoms with van der Waals surface area (Å²) in [5.41, 5.74) is 3.24. The Kier molecular flexibility index (Phi) is 6.94. The van der Waals surface area contributed by atoms with Crippen LogP contribution >= 0.6 is 11.6 Å². The van der Waals surface area contributed by atoms with Crippen LogP contribution in [0.1, 0.15) is 65.7 Å². The molecule has 1 aliphatic heterocycles. The van der Waals surface area contributed by atoms with Crippen molar-refractivity contribution < 1.29 is 9.59 Å². The molecule has 200 valence electrons. The van der Waals surface area contributed by atoms with Crippen molar-refractivity contribution in [3.8, 4) is 0 Å². The number of hydrogen-bond donors (Lipinski definition) is 1. The van der Waals surface area contributed by atoms with E-state index in [1.807, 2.05) is 60.7 Å². The maximum atomic E-state index is 14.7. The number of benzene rings is 3. The van der Waals surface area contributed by atoms with Crippen LogP contribution in [0.2, 0.25) is 5.02 Å². The molecule has 5 nitrogen and oxygen atoms in total. The molecule has 39 heavy (non-hydrogen) atoms. The highest BCUT2D eigenvalue weighted by Gasteiger charge is 2.52. The Bertz CT molecular complexity index is 1500. The van der Waals surface area contributed by atoms with Gasteiger partial charge >= 0.3 is 0 Å². The van der Waals surface area contributed by atoms with Gasteiger partial charge in [-0.3, -0.25) is 9.59 Å². The van der Waals surface area contributed by atoms with E-state index in [1.54, 1.807) is 4.90 Å². The van der Waals surface area contributed by atoms with Gasteiger partial charge in [0.05, 0.1) is 6.54 Å². The van der Waals surface area contributed by atoms with Crippen LogP contribution in [0.4, 0.5) is 0 Å². The number of aryl methyl sites for hydroxylation is 1. The number of halogens is 1. The predicted octanol–water partition coefficient (Wildman–Crippen LogP) is 6.99. The topological polar surface area (TPSA) is 54.3 Å². The first-order valence-corrected chi connectivity index (χ1v) is 14.4. The summed E-state index contributed by atoms with van der Waals surface area (Å²) in [7, 11) is 0. The van der Waals surface area contributed by atoms with Crippen LogP contribution in [0, 0.1) is 6.92 Å². The molecule has 1 fully saturated rings. The number of aromatic nitrogens is 1. The summed E-state index contributed by atoms with van der Waals surface area (Å²) in [4.78, 5) is 31.0. The van der Waals surface area contributed by atoms with Gasteiger partial charge < -0.3 is 14.8 Å². The van der Waals surface area contributed by atoms with Crippen LogP contribution in [0.5, 0.6) is 0 Å². The molecule has 3 aromatic carbocycles. The molecule has 4 aromatic rings. The zero-order chi connectivity index (χ0) is 27.0. The summed E-state index contributed by atoms with van der Waals surface area (Å²) in [6.07, 6.45) is 6.58. The molecule has 0 radical (unpaired) electrons. The van der Waals surface area contributed by atoms with Crippen molar-refractivity contribution in [1.29, 1.82) is 0 Å². The summed E-state index contributed by atoms with van der Waals surface area (Å²) in [6.45, 7) is 2.70. The third-order valence-electron chi connectivity index (χ3n) is 8.44. The lowest BCUT2D eigenvalue weighted by atomic mass is 9.83.